The van der Waals surface area contributed by atoms with Crippen LogP contribution in [0.3, 0.4) is 0 Å². The summed E-state index contributed by atoms with van der Waals surface area (Å²) in [7, 11) is 1.28. The van der Waals surface area contributed by atoms with Gasteiger partial charge in [-0.05, 0) is 75.1 Å². The summed E-state index contributed by atoms with van der Waals surface area (Å²) in [5.41, 5.74) is 5.41. The van der Waals surface area contributed by atoms with Crippen LogP contribution in [0.2, 0.25) is 0 Å². The van der Waals surface area contributed by atoms with Crippen LogP contribution in [0.1, 0.15) is 70.3 Å². The maximum atomic E-state index is 14.4. The topological polar surface area (TPSA) is 227 Å². The Bertz CT molecular complexity index is 1790. The van der Waals surface area contributed by atoms with Crippen molar-refractivity contribution in [1.82, 2.24) is 30.7 Å². The number of esters is 2. The lowest BCUT2D eigenvalue weighted by Gasteiger charge is -2.35. The minimum absolute atomic E-state index is 0.0268. The zero-order valence-corrected chi connectivity index (χ0v) is 33.3. The monoisotopic (exact) mass is 829 g/mol. The Morgan fingerprint density at radius 2 is 1.56 bits per heavy atom. The number of nitrogens with two attached hydrogens (primary N) is 1. The predicted molar refractivity (Wildman–Crippen MR) is 204 cm³/mol. The third-order valence-electron chi connectivity index (χ3n) is 11.2. The molecule has 1 saturated carbocycles. The number of carbonyl (C=O) groups excluding carboxylic acids is 8. The zero-order chi connectivity index (χ0) is 42.8. The van der Waals surface area contributed by atoms with E-state index in [1.165, 1.54) is 29.8 Å². The molecule has 0 unspecified atom stereocenters. The highest BCUT2D eigenvalue weighted by atomic mass is 19.1. The number of nitrogens with one attached hydrogen (secondary N) is 3. The number of likely N-dealkylation sites (N-methyl/N-ethyl adjacent to an activating group) is 1. The molecule has 0 aromatic heterocycles. The molecule has 6 atom stereocenters. The fraction of sp³-hybridized carbons (Fsp3) is 0.600. The Kier molecular flexibility index (Phi) is 15.5. The molecule has 1 aromatic rings. The van der Waals surface area contributed by atoms with Crippen molar-refractivity contribution in [1.29, 1.82) is 0 Å². The maximum Gasteiger partial charge on any atom is 0.328 e. The van der Waals surface area contributed by atoms with Crippen molar-refractivity contribution < 1.29 is 56.6 Å². The summed E-state index contributed by atoms with van der Waals surface area (Å²) < 4.78 is 39.3. The van der Waals surface area contributed by atoms with Gasteiger partial charge in [0.05, 0.1) is 6.54 Å². The summed E-state index contributed by atoms with van der Waals surface area (Å²) in [5.74, 6) is -8.08. The summed E-state index contributed by atoms with van der Waals surface area (Å²) in [6.45, 7) is -0.306. The molecule has 1 aliphatic carbocycles. The molecular formula is C40H53F2N7O10. The molecule has 0 spiro atoms. The van der Waals surface area contributed by atoms with Crippen molar-refractivity contribution in [2.24, 2.45) is 11.7 Å². The third kappa shape index (κ3) is 11.6. The lowest BCUT2D eigenvalue weighted by molar-refractivity contribution is -0.158. The first-order valence-corrected chi connectivity index (χ1v) is 20.1. The minimum Gasteiger partial charge on any atom is -0.462 e. The van der Waals surface area contributed by atoms with E-state index in [4.69, 9.17) is 15.2 Å². The number of ether oxygens (including phenoxy) is 2. The first kappa shape index (κ1) is 44.6. The van der Waals surface area contributed by atoms with Crippen LogP contribution in [0, 0.1) is 17.6 Å². The zero-order valence-electron chi connectivity index (χ0n) is 33.3. The SMILES string of the molecule is C[C@@H]1NC(=O)[C@H](COC(=O)CN)N(C)C(=O)[C@@H]2CCCN2C(=O)[C@@H](NC(=O)[C@H](Cc2cc(F)cc(F)c2)NC(=O)/C=C/C2CCCCC2)COC(=O)[C@@H]2CCCN2C1=O. The molecule has 1 aromatic carbocycles. The van der Waals surface area contributed by atoms with Crippen LogP contribution in [0.4, 0.5) is 8.78 Å². The number of fused-ring (bicyclic) bond motifs is 2. The molecule has 59 heavy (non-hydrogen) atoms. The lowest BCUT2D eigenvalue weighted by Crippen LogP contribution is -2.61. The molecule has 322 valence electrons. The Hall–Kier alpha value is -5.46. The van der Waals surface area contributed by atoms with Gasteiger partial charge in [-0.1, -0.05) is 25.3 Å². The molecule has 6 amide bonds. The van der Waals surface area contributed by atoms with E-state index in [0.29, 0.717) is 18.9 Å². The first-order valence-electron chi connectivity index (χ1n) is 20.1. The van der Waals surface area contributed by atoms with Crippen LogP contribution < -0.4 is 21.7 Å². The molecule has 5 N–H and O–H groups in total. The minimum atomic E-state index is -1.64. The highest BCUT2D eigenvalue weighted by Crippen LogP contribution is 2.25. The van der Waals surface area contributed by atoms with Gasteiger partial charge >= 0.3 is 11.9 Å². The fourth-order valence-electron chi connectivity index (χ4n) is 8.02. The van der Waals surface area contributed by atoms with Gasteiger partial charge in [-0.25, -0.2) is 13.6 Å². The Balaban J connectivity index is 1.46. The standard InChI is InChI=1S/C40H53F2N7O10/c1-23-37(54)49-15-7-11-31(49)40(57)59-21-29(38(55)48-14-6-10-30(48)39(56)47(2)32(36(53)44-23)22-58-34(51)20-43)46-35(52)28(18-25-16-26(41)19-27(42)17-25)45-33(50)13-12-24-8-4-3-5-9-24/h12-13,16-17,19,23-24,28-32H,3-11,14-15,18,20-22,43H2,1-2H3,(H,44,53)(H,45,50)(H,46,52)/b13-12+/t23-,28-,29-,30-,31-,32-/m0/s1. The van der Waals surface area contributed by atoms with Crippen molar-refractivity contribution in [3.63, 3.8) is 0 Å². The Morgan fingerprint density at radius 3 is 2.22 bits per heavy atom. The number of carbonyl (C=O) groups is 8. The van der Waals surface area contributed by atoms with Crippen LogP contribution in [0.5, 0.6) is 0 Å². The van der Waals surface area contributed by atoms with Crippen LogP contribution >= 0.6 is 0 Å². The van der Waals surface area contributed by atoms with Crippen LogP contribution in [-0.2, 0) is 54.3 Å². The van der Waals surface area contributed by atoms with E-state index in [1.807, 2.05) is 0 Å². The van der Waals surface area contributed by atoms with Crippen molar-refractivity contribution in [3.05, 3.63) is 47.5 Å². The molecule has 4 aliphatic rings. The number of rotatable bonds is 10. The average molecular weight is 830 g/mol. The van der Waals surface area contributed by atoms with E-state index in [9.17, 15) is 47.1 Å². The molecule has 19 heteroatoms. The number of hydrogen-bond donors (Lipinski definition) is 4. The van der Waals surface area contributed by atoms with Gasteiger partial charge in [0.25, 0.3) is 0 Å². The summed E-state index contributed by atoms with van der Waals surface area (Å²) in [4.78, 5) is 112. The number of cyclic esters (lactones) is 1. The van der Waals surface area contributed by atoms with Gasteiger partial charge in [-0.15, -0.1) is 0 Å². The molecule has 0 bridgehead atoms. The summed E-state index contributed by atoms with van der Waals surface area (Å²) in [6, 6.07) is -5.40. The fourth-order valence-corrected chi connectivity index (χ4v) is 8.02. The number of nitrogens with zero attached hydrogens (tertiary/aromatic N) is 3. The number of hydrogen-bond acceptors (Lipinski definition) is 11. The average Bonchev–Trinajstić information content (AvgIpc) is 3.91. The molecule has 0 radical (unpaired) electrons. The Labute approximate surface area is 340 Å². The second-order valence-corrected chi connectivity index (χ2v) is 15.5. The van der Waals surface area contributed by atoms with E-state index in [1.54, 1.807) is 6.08 Å². The lowest BCUT2D eigenvalue weighted by atomic mass is 9.89. The highest BCUT2D eigenvalue weighted by Gasteiger charge is 2.44. The normalized spacial score (nSPS) is 25.6. The number of halogens is 2. The second-order valence-electron chi connectivity index (χ2n) is 15.5. The van der Waals surface area contributed by atoms with Gasteiger partial charge in [0.15, 0.2) is 0 Å². The van der Waals surface area contributed by atoms with Gasteiger partial charge in [0.1, 0.15) is 61.1 Å². The molecule has 4 fully saturated rings. The largest absolute Gasteiger partial charge is 0.462 e. The van der Waals surface area contributed by atoms with E-state index in [2.05, 4.69) is 16.0 Å². The molecular weight excluding hydrogens is 776 g/mol. The first-order chi connectivity index (χ1) is 28.2. The molecule has 17 nitrogen and oxygen atoms in total. The van der Waals surface area contributed by atoms with Gasteiger partial charge < -0.3 is 45.9 Å². The third-order valence-corrected chi connectivity index (χ3v) is 11.2. The van der Waals surface area contributed by atoms with Crippen molar-refractivity contribution >= 4 is 47.4 Å². The summed E-state index contributed by atoms with van der Waals surface area (Å²) in [6.07, 6.45) is 8.67. The van der Waals surface area contributed by atoms with Crippen LogP contribution in [0.15, 0.2) is 30.4 Å². The van der Waals surface area contributed by atoms with Crippen LogP contribution in [0.25, 0.3) is 0 Å². The van der Waals surface area contributed by atoms with Crippen molar-refractivity contribution in [3.8, 4) is 0 Å². The number of amides is 6. The molecule has 5 rings (SSSR count). The maximum absolute atomic E-state index is 14.4. The van der Waals surface area contributed by atoms with E-state index < -0.39 is 121 Å². The quantitative estimate of drug-likeness (QED) is 0.181. The second kappa shape index (κ2) is 20.5. The van der Waals surface area contributed by atoms with Gasteiger partial charge in [0.2, 0.25) is 35.4 Å². The number of benzene rings is 1. The number of allylic oxidation sites excluding steroid dienone is 1. The van der Waals surface area contributed by atoms with E-state index >= 15 is 0 Å². The molecule has 3 aliphatic heterocycles. The van der Waals surface area contributed by atoms with Crippen molar-refractivity contribution in [2.75, 3.05) is 39.9 Å². The summed E-state index contributed by atoms with van der Waals surface area (Å²) >= 11 is 0. The predicted octanol–water partition coefficient (Wildman–Crippen LogP) is -0.0142. The van der Waals surface area contributed by atoms with E-state index in [-0.39, 0.29) is 37.4 Å². The Morgan fingerprint density at radius 1 is 0.915 bits per heavy atom. The van der Waals surface area contributed by atoms with E-state index in [0.717, 1.165) is 49.1 Å². The highest BCUT2D eigenvalue weighted by molar-refractivity contribution is 5.98. The smallest absolute Gasteiger partial charge is 0.328 e. The molecule has 3 heterocycles. The summed E-state index contributed by atoms with van der Waals surface area (Å²) in [5, 5.41) is 7.68. The van der Waals surface area contributed by atoms with Gasteiger partial charge in [-0.3, -0.25) is 33.6 Å². The van der Waals surface area contributed by atoms with Gasteiger partial charge in [-0.2, -0.15) is 0 Å². The van der Waals surface area contributed by atoms with Crippen molar-refractivity contribution in [2.45, 2.75) is 107 Å². The molecule has 3 saturated heterocycles. The van der Waals surface area contributed by atoms with Crippen LogP contribution in [-0.4, -0.2) is 138 Å². The van der Waals surface area contributed by atoms with Gasteiger partial charge in [0, 0.05) is 32.6 Å².